The first-order valence-corrected chi connectivity index (χ1v) is 8.06. The summed E-state index contributed by atoms with van der Waals surface area (Å²) in [6.07, 6.45) is 5.98. The van der Waals surface area contributed by atoms with Crippen LogP contribution in [-0.2, 0) is 4.79 Å². The molecule has 0 spiro atoms. The number of amides is 1. The molecule has 1 atom stereocenters. The van der Waals surface area contributed by atoms with Crippen molar-refractivity contribution in [3.8, 4) is 0 Å². The van der Waals surface area contributed by atoms with Crippen molar-refractivity contribution in [3.05, 3.63) is 0 Å². The molecule has 1 heterocycles. The van der Waals surface area contributed by atoms with E-state index in [2.05, 4.69) is 37.5 Å². The van der Waals surface area contributed by atoms with Crippen molar-refractivity contribution in [2.75, 3.05) is 26.2 Å². The van der Waals surface area contributed by atoms with Gasteiger partial charge in [0.1, 0.15) is 0 Å². The third kappa shape index (κ3) is 6.94. The smallest absolute Gasteiger partial charge is 0.236 e. The third-order valence-corrected chi connectivity index (χ3v) is 3.94. The lowest BCUT2D eigenvalue weighted by molar-refractivity contribution is -0.135. The molecule has 1 aliphatic heterocycles. The highest BCUT2D eigenvalue weighted by atomic mass is 35.5. The summed E-state index contributed by atoms with van der Waals surface area (Å²) in [6.45, 7) is 12.6. The first kappa shape index (κ1) is 19.7. The number of carbonyl (C=O) groups excluding carboxylic acids is 1. The first-order chi connectivity index (χ1) is 9.04. The van der Waals surface area contributed by atoms with Gasteiger partial charge in [0.15, 0.2) is 0 Å². The lowest BCUT2D eigenvalue weighted by atomic mass is 10.0. The molecular weight excluding hydrogens is 272 g/mol. The molecule has 1 fully saturated rings. The Balaban J connectivity index is 0.00000361. The van der Waals surface area contributed by atoms with E-state index < -0.39 is 0 Å². The van der Waals surface area contributed by atoms with Crippen LogP contribution in [0.5, 0.6) is 0 Å². The molecule has 0 saturated carbocycles. The summed E-state index contributed by atoms with van der Waals surface area (Å²) >= 11 is 0. The highest BCUT2D eigenvalue weighted by Crippen LogP contribution is 2.14. The van der Waals surface area contributed by atoms with Gasteiger partial charge in [-0.05, 0) is 51.6 Å². The molecule has 3 nitrogen and oxygen atoms in total. The lowest BCUT2D eigenvalue weighted by Gasteiger charge is -2.33. The maximum Gasteiger partial charge on any atom is 0.236 e. The molecule has 0 N–H and O–H groups in total. The molecule has 1 amide bonds. The van der Waals surface area contributed by atoms with E-state index in [1.54, 1.807) is 0 Å². The van der Waals surface area contributed by atoms with Crippen LogP contribution in [0.25, 0.3) is 0 Å². The second kappa shape index (κ2) is 10.4. The molecule has 20 heavy (non-hydrogen) atoms. The largest absolute Gasteiger partial charge is 0.339 e. The van der Waals surface area contributed by atoms with Gasteiger partial charge in [-0.1, -0.05) is 27.2 Å². The molecule has 0 bridgehead atoms. The van der Waals surface area contributed by atoms with E-state index in [1.165, 1.54) is 19.3 Å². The van der Waals surface area contributed by atoms with E-state index in [9.17, 15) is 4.79 Å². The molecule has 1 unspecified atom stereocenters. The SMILES string of the molecule is CCCN(C(=O)CN1CCCCC1)C(C)CC(C)C.Cl. The molecule has 4 heteroatoms. The van der Waals surface area contributed by atoms with Gasteiger partial charge in [-0.25, -0.2) is 0 Å². The first-order valence-electron chi connectivity index (χ1n) is 8.06. The zero-order valence-electron chi connectivity index (χ0n) is 13.7. The van der Waals surface area contributed by atoms with Crippen LogP contribution in [0, 0.1) is 5.92 Å². The number of hydrogen-bond acceptors (Lipinski definition) is 2. The minimum absolute atomic E-state index is 0. The maximum absolute atomic E-state index is 12.5. The number of piperidine rings is 1. The Labute approximate surface area is 131 Å². The van der Waals surface area contributed by atoms with E-state index in [0.717, 1.165) is 32.5 Å². The van der Waals surface area contributed by atoms with Gasteiger partial charge in [-0.2, -0.15) is 0 Å². The summed E-state index contributed by atoms with van der Waals surface area (Å²) in [5.41, 5.74) is 0. The van der Waals surface area contributed by atoms with Crippen molar-refractivity contribution in [3.63, 3.8) is 0 Å². The number of likely N-dealkylation sites (tertiary alicyclic amines) is 1. The molecule has 120 valence electrons. The summed E-state index contributed by atoms with van der Waals surface area (Å²) in [5.74, 6) is 0.981. The van der Waals surface area contributed by atoms with Crippen molar-refractivity contribution in [1.82, 2.24) is 9.80 Å². The Morgan fingerprint density at radius 1 is 1.15 bits per heavy atom. The Hall–Kier alpha value is -0.280. The fourth-order valence-corrected chi connectivity index (χ4v) is 3.04. The van der Waals surface area contributed by atoms with Gasteiger partial charge in [-0.15, -0.1) is 12.4 Å². The van der Waals surface area contributed by atoms with Crippen molar-refractivity contribution in [1.29, 1.82) is 0 Å². The molecular formula is C16H33ClN2O. The second-order valence-electron chi connectivity index (χ2n) is 6.40. The van der Waals surface area contributed by atoms with E-state index >= 15 is 0 Å². The van der Waals surface area contributed by atoms with Crippen LogP contribution in [0.1, 0.15) is 59.8 Å². The molecule has 1 saturated heterocycles. The van der Waals surface area contributed by atoms with Crippen LogP contribution in [0.15, 0.2) is 0 Å². The van der Waals surface area contributed by atoms with E-state index in [0.29, 0.717) is 24.4 Å². The Kier molecular flexibility index (Phi) is 10.3. The highest BCUT2D eigenvalue weighted by molar-refractivity contribution is 5.85. The average Bonchev–Trinajstić information content (AvgIpc) is 2.36. The predicted octanol–water partition coefficient (Wildman–Crippen LogP) is 3.57. The maximum atomic E-state index is 12.5. The molecule has 0 aromatic carbocycles. The Morgan fingerprint density at radius 2 is 1.75 bits per heavy atom. The van der Waals surface area contributed by atoms with Gasteiger partial charge >= 0.3 is 0 Å². The number of carbonyl (C=O) groups is 1. The van der Waals surface area contributed by atoms with Crippen LogP contribution in [0.2, 0.25) is 0 Å². The number of rotatable bonds is 7. The number of halogens is 1. The summed E-state index contributed by atoms with van der Waals surface area (Å²) in [7, 11) is 0. The third-order valence-electron chi connectivity index (χ3n) is 3.94. The average molecular weight is 305 g/mol. The summed E-state index contributed by atoms with van der Waals surface area (Å²) < 4.78 is 0. The topological polar surface area (TPSA) is 23.6 Å². The normalized spacial score (nSPS) is 17.6. The minimum atomic E-state index is 0. The standard InChI is InChI=1S/C16H32N2O.ClH/c1-5-9-18(15(4)12-14(2)3)16(19)13-17-10-7-6-8-11-17;/h14-15H,5-13H2,1-4H3;1H. The van der Waals surface area contributed by atoms with Gasteiger partial charge in [0, 0.05) is 12.6 Å². The Morgan fingerprint density at radius 3 is 2.25 bits per heavy atom. The summed E-state index contributed by atoms with van der Waals surface area (Å²) in [4.78, 5) is 16.9. The van der Waals surface area contributed by atoms with Gasteiger partial charge in [0.25, 0.3) is 0 Å². The van der Waals surface area contributed by atoms with Crippen LogP contribution < -0.4 is 0 Å². The number of hydrogen-bond donors (Lipinski definition) is 0. The van der Waals surface area contributed by atoms with Gasteiger partial charge < -0.3 is 4.90 Å². The fraction of sp³-hybridized carbons (Fsp3) is 0.938. The fourth-order valence-electron chi connectivity index (χ4n) is 3.04. The van der Waals surface area contributed by atoms with E-state index in [-0.39, 0.29) is 12.4 Å². The Bertz CT molecular complexity index is 265. The predicted molar refractivity (Wildman–Crippen MR) is 88.5 cm³/mol. The van der Waals surface area contributed by atoms with E-state index in [4.69, 9.17) is 0 Å². The van der Waals surface area contributed by atoms with Crippen LogP contribution in [0.3, 0.4) is 0 Å². The molecule has 1 rings (SSSR count). The van der Waals surface area contributed by atoms with Crippen molar-refractivity contribution in [2.45, 2.75) is 65.8 Å². The molecule has 0 radical (unpaired) electrons. The zero-order chi connectivity index (χ0) is 14.3. The van der Waals surface area contributed by atoms with Crippen molar-refractivity contribution >= 4 is 18.3 Å². The molecule has 0 aromatic rings. The van der Waals surface area contributed by atoms with Crippen molar-refractivity contribution in [2.24, 2.45) is 5.92 Å². The minimum Gasteiger partial charge on any atom is -0.339 e. The second-order valence-corrected chi connectivity index (χ2v) is 6.40. The summed E-state index contributed by atoms with van der Waals surface area (Å²) in [6, 6.07) is 0.372. The van der Waals surface area contributed by atoms with E-state index in [1.807, 2.05) is 0 Å². The van der Waals surface area contributed by atoms with Gasteiger partial charge in [0.2, 0.25) is 5.91 Å². The van der Waals surface area contributed by atoms with Crippen LogP contribution in [-0.4, -0.2) is 47.9 Å². The van der Waals surface area contributed by atoms with Gasteiger partial charge in [-0.3, -0.25) is 9.69 Å². The monoisotopic (exact) mass is 304 g/mol. The lowest BCUT2D eigenvalue weighted by Crippen LogP contribution is -2.46. The molecule has 0 aliphatic carbocycles. The summed E-state index contributed by atoms with van der Waals surface area (Å²) in [5, 5.41) is 0. The zero-order valence-corrected chi connectivity index (χ0v) is 14.5. The van der Waals surface area contributed by atoms with Gasteiger partial charge in [0.05, 0.1) is 6.54 Å². The van der Waals surface area contributed by atoms with Crippen LogP contribution in [0.4, 0.5) is 0 Å². The molecule has 1 aliphatic rings. The van der Waals surface area contributed by atoms with Crippen molar-refractivity contribution < 1.29 is 4.79 Å². The highest BCUT2D eigenvalue weighted by Gasteiger charge is 2.22. The quantitative estimate of drug-likeness (QED) is 0.718. The molecule has 0 aromatic heterocycles. The van der Waals surface area contributed by atoms with Crippen LogP contribution >= 0.6 is 12.4 Å². The number of nitrogens with zero attached hydrogens (tertiary/aromatic N) is 2.